The summed E-state index contributed by atoms with van der Waals surface area (Å²) in [4.78, 5) is 25.3. The molecule has 0 radical (unpaired) electrons. The molecule has 0 aromatic carbocycles. The number of alkyl halides is 2. The molecule has 2 fully saturated rings. The molecule has 1 amide bonds. The Balaban J connectivity index is 1.56. The van der Waals surface area contributed by atoms with E-state index < -0.39 is 17.8 Å². The van der Waals surface area contributed by atoms with E-state index >= 15 is 0 Å². The second kappa shape index (κ2) is 7.91. The molecule has 6 nitrogen and oxygen atoms in total. The molecule has 160 valence electrons. The van der Waals surface area contributed by atoms with Gasteiger partial charge in [0.1, 0.15) is 5.82 Å². The largest absolute Gasteiger partial charge is 0.383 e. The Morgan fingerprint density at radius 1 is 1.17 bits per heavy atom. The highest BCUT2D eigenvalue weighted by atomic mass is 19.3. The summed E-state index contributed by atoms with van der Waals surface area (Å²) >= 11 is 0. The second-order valence-corrected chi connectivity index (χ2v) is 8.61. The Morgan fingerprint density at radius 3 is 2.77 bits per heavy atom. The maximum absolute atomic E-state index is 14.8. The van der Waals surface area contributed by atoms with E-state index in [9.17, 15) is 13.6 Å². The molecule has 2 N–H and O–H groups in total. The van der Waals surface area contributed by atoms with E-state index in [1.54, 1.807) is 28.1 Å². The number of nitrogens with zero attached hydrogens (tertiary/aromatic N) is 4. The van der Waals surface area contributed by atoms with E-state index in [-0.39, 0.29) is 19.0 Å². The van der Waals surface area contributed by atoms with E-state index in [1.807, 2.05) is 25.1 Å². The number of halogens is 2. The van der Waals surface area contributed by atoms with Crippen LogP contribution in [0.1, 0.15) is 36.2 Å². The van der Waals surface area contributed by atoms with E-state index in [4.69, 9.17) is 5.73 Å². The molecule has 2 saturated heterocycles. The number of carbonyl (C=O) groups excluding carboxylic acids is 1. The third-order valence-corrected chi connectivity index (χ3v) is 6.02. The quantitative estimate of drug-likeness (QED) is 0.831. The van der Waals surface area contributed by atoms with Gasteiger partial charge in [0.05, 0.1) is 24.2 Å². The minimum atomic E-state index is -2.94. The molecule has 2 aromatic heterocycles. The van der Waals surface area contributed by atoms with Crippen LogP contribution in [-0.2, 0) is 17.9 Å². The highest BCUT2D eigenvalue weighted by Gasteiger charge is 2.55. The first-order valence-corrected chi connectivity index (χ1v) is 10.3. The molecular formula is C22H27F2N5O. The summed E-state index contributed by atoms with van der Waals surface area (Å²) in [7, 11) is 0. The Kier molecular flexibility index (Phi) is 5.44. The number of hydrogen-bond acceptors (Lipinski definition) is 5. The molecular weight excluding hydrogens is 388 g/mol. The molecule has 1 atom stereocenters. The number of piperidine rings is 2. The average Bonchev–Trinajstić information content (AvgIpc) is 2.66. The number of amides is 1. The van der Waals surface area contributed by atoms with Crippen molar-refractivity contribution >= 4 is 11.7 Å². The zero-order chi connectivity index (χ0) is 21.4. The molecule has 0 aliphatic carbocycles. The molecule has 8 heteroatoms. The van der Waals surface area contributed by atoms with Crippen molar-refractivity contribution in [3.8, 4) is 0 Å². The zero-order valence-corrected chi connectivity index (χ0v) is 17.2. The molecule has 2 aliphatic rings. The number of aromatic nitrogens is 2. The number of likely N-dealkylation sites (tertiary alicyclic amines) is 2. The van der Waals surface area contributed by atoms with E-state index in [2.05, 4.69) is 9.97 Å². The van der Waals surface area contributed by atoms with Gasteiger partial charge in [0.25, 0.3) is 5.92 Å². The Hall–Kier alpha value is -2.61. The van der Waals surface area contributed by atoms with Gasteiger partial charge in [-0.05, 0) is 38.0 Å². The van der Waals surface area contributed by atoms with Crippen molar-refractivity contribution in [2.75, 3.05) is 25.4 Å². The second-order valence-electron chi connectivity index (χ2n) is 8.61. The Labute approximate surface area is 175 Å². The zero-order valence-electron chi connectivity index (χ0n) is 17.2. The van der Waals surface area contributed by atoms with Gasteiger partial charge in [-0.2, -0.15) is 0 Å². The van der Waals surface area contributed by atoms with Gasteiger partial charge in [0, 0.05) is 43.5 Å². The van der Waals surface area contributed by atoms with Crippen LogP contribution in [-0.4, -0.2) is 51.2 Å². The van der Waals surface area contributed by atoms with Crippen LogP contribution in [0.25, 0.3) is 0 Å². The fourth-order valence-electron chi connectivity index (χ4n) is 4.85. The lowest BCUT2D eigenvalue weighted by atomic mass is 9.71. The van der Waals surface area contributed by atoms with Crippen LogP contribution in [0.2, 0.25) is 0 Å². The number of carbonyl (C=O) groups is 1. The van der Waals surface area contributed by atoms with Gasteiger partial charge >= 0.3 is 0 Å². The minimum absolute atomic E-state index is 0.194. The number of rotatable bonds is 4. The number of nitrogens with two attached hydrogens (primary N) is 1. The van der Waals surface area contributed by atoms with Crippen LogP contribution in [0.15, 0.2) is 36.5 Å². The van der Waals surface area contributed by atoms with Crippen molar-refractivity contribution in [2.45, 2.75) is 45.2 Å². The molecule has 0 saturated carbocycles. The lowest BCUT2D eigenvalue weighted by Crippen LogP contribution is -2.60. The van der Waals surface area contributed by atoms with Crippen LogP contribution in [0.4, 0.5) is 14.6 Å². The SMILES string of the molecule is Cc1cccc(CN2CCCC3(CN(Cc4cccnc4N)CC(F)(F)C3)C2=O)n1. The normalized spacial score (nSPS) is 24.4. The van der Waals surface area contributed by atoms with Gasteiger partial charge in [-0.25, -0.2) is 13.8 Å². The van der Waals surface area contributed by atoms with Gasteiger partial charge in [-0.1, -0.05) is 12.1 Å². The van der Waals surface area contributed by atoms with Crippen molar-refractivity contribution < 1.29 is 13.6 Å². The average molecular weight is 415 g/mol. The van der Waals surface area contributed by atoms with Gasteiger partial charge in [0.2, 0.25) is 5.91 Å². The van der Waals surface area contributed by atoms with Crippen molar-refractivity contribution in [1.82, 2.24) is 19.8 Å². The molecule has 0 bridgehead atoms. The number of pyridine rings is 2. The molecule has 1 unspecified atom stereocenters. The van der Waals surface area contributed by atoms with E-state index in [0.717, 1.165) is 11.4 Å². The first-order chi connectivity index (χ1) is 14.3. The number of anilines is 1. The number of nitrogen functional groups attached to an aromatic ring is 1. The molecule has 4 rings (SSSR count). The van der Waals surface area contributed by atoms with Gasteiger partial charge in [-0.15, -0.1) is 0 Å². The summed E-state index contributed by atoms with van der Waals surface area (Å²) in [6, 6.07) is 9.20. The predicted octanol–water partition coefficient (Wildman–Crippen LogP) is 3.02. The summed E-state index contributed by atoms with van der Waals surface area (Å²) < 4.78 is 29.6. The molecule has 2 aliphatic heterocycles. The Morgan fingerprint density at radius 2 is 2.00 bits per heavy atom. The fourth-order valence-corrected chi connectivity index (χ4v) is 4.85. The summed E-state index contributed by atoms with van der Waals surface area (Å²) in [5.41, 5.74) is 7.19. The number of aryl methyl sites for hydroxylation is 1. The third kappa shape index (κ3) is 4.28. The van der Waals surface area contributed by atoms with Crippen molar-refractivity contribution in [1.29, 1.82) is 0 Å². The van der Waals surface area contributed by atoms with Crippen LogP contribution >= 0.6 is 0 Å². The molecule has 1 spiro atoms. The topological polar surface area (TPSA) is 75.3 Å². The molecule has 4 heterocycles. The summed E-state index contributed by atoms with van der Waals surface area (Å²) in [5.74, 6) is -2.79. The summed E-state index contributed by atoms with van der Waals surface area (Å²) in [6.45, 7) is 2.99. The summed E-state index contributed by atoms with van der Waals surface area (Å²) in [5, 5.41) is 0. The monoisotopic (exact) mass is 415 g/mol. The van der Waals surface area contributed by atoms with Crippen LogP contribution in [0, 0.1) is 12.3 Å². The lowest BCUT2D eigenvalue weighted by Gasteiger charge is -2.49. The van der Waals surface area contributed by atoms with Gasteiger partial charge in [-0.3, -0.25) is 14.7 Å². The summed E-state index contributed by atoms with van der Waals surface area (Å²) in [6.07, 6.45) is 2.34. The highest BCUT2D eigenvalue weighted by molar-refractivity contribution is 5.84. The lowest BCUT2D eigenvalue weighted by molar-refractivity contribution is -0.170. The van der Waals surface area contributed by atoms with Crippen molar-refractivity contribution in [3.05, 3.63) is 53.5 Å². The van der Waals surface area contributed by atoms with E-state index in [0.29, 0.717) is 43.9 Å². The Bertz CT molecular complexity index is 937. The number of hydrogen-bond donors (Lipinski definition) is 1. The molecule has 2 aromatic rings. The van der Waals surface area contributed by atoms with Crippen LogP contribution in [0.5, 0.6) is 0 Å². The maximum Gasteiger partial charge on any atom is 0.261 e. The fraction of sp³-hybridized carbons (Fsp3) is 0.500. The standard InChI is InChI=1S/C22H27F2N5O/c1-16-5-2-7-18(27-16)12-29-10-4-8-21(20(29)30)13-22(23,24)15-28(14-21)11-17-6-3-9-26-19(17)25/h2-3,5-7,9H,4,8,10-15H2,1H3,(H2,25,26). The smallest absolute Gasteiger partial charge is 0.261 e. The molecule has 30 heavy (non-hydrogen) atoms. The van der Waals surface area contributed by atoms with Crippen LogP contribution < -0.4 is 5.73 Å². The van der Waals surface area contributed by atoms with Gasteiger partial charge < -0.3 is 10.6 Å². The van der Waals surface area contributed by atoms with Crippen molar-refractivity contribution in [3.63, 3.8) is 0 Å². The minimum Gasteiger partial charge on any atom is -0.383 e. The maximum atomic E-state index is 14.8. The van der Waals surface area contributed by atoms with Crippen LogP contribution in [0.3, 0.4) is 0 Å². The van der Waals surface area contributed by atoms with Gasteiger partial charge in [0.15, 0.2) is 0 Å². The van der Waals surface area contributed by atoms with Crippen molar-refractivity contribution in [2.24, 2.45) is 5.41 Å². The first kappa shape index (κ1) is 20.7. The highest BCUT2D eigenvalue weighted by Crippen LogP contribution is 2.45. The first-order valence-electron chi connectivity index (χ1n) is 10.3. The van der Waals surface area contributed by atoms with E-state index in [1.165, 1.54) is 0 Å². The third-order valence-electron chi connectivity index (χ3n) is 6.02. The predicted molar refractivity (Wildman–Crippen MR) is 110 cm³/mol.